The summed E-state index contributed by atoms with van der Waals surface area (Å²) in [5.41, 5.74) is 5.46. The van der Waals surface area contributed by atoms with Gasteiger partial charge in [0.2, 0.25) is 0 Å². The van der Waals surface area contributed by atoms with Crippen LogP contribution >= 0.6 is 22.6 Å². The number of nitrogens with zero attached hydrogens (tertiary/aromatic N) is 1. The van der Waals surface area contributed by atoms with Gasteiger partial charge in [-0.05, 0) is 34.7 Å². The van der Waals surface area contributed by atoms with Crippen molar-refractivity contribution in [2.75, 3.05) is 0 Å². The predicted octanol–water partition coefficient (Wildman–Crippen LogP) is 2.08. The zero-order valence-electron chi connectivity index (χ0n) is 6.10. The third-order valence-electron chi connectivity index (χ3n) is 1.40. The van der Waals surface area contributed by atoms with E-state index in [0.29, 0.717) is 3.70 Å². The van der Waals surface area contributed by atoms with Crippen LogP contribution in [0.3, 0.4) is 0 Å². The van der Waals surface area contributed by atoms with Gasteiger partial charge in [0.15, 0.2) is 0 Å². The molecule has 1 aromatic heterocycles. The van der Waals surface area contributed by atoms with Crippen molar-refractivity contribution < 1.29 is 8.78 Å². The lowest BCUT2D eigenvalue weighted by molar-refractivity contribution is 0.149. The average Bonchev–Trinajstić information content (AvgIpc) is 2.03. The number of hydrogen-bond acceptors (Lipinski definition) is 2. The Bertz CT molecular complexity index is 278. The molecule has 1 heterocycles. The van der Waals surface area contributed by atoms with Crippen LogP contribution in [0.15, 0.2) is 12.1 Å². The highest BCUT2D eigenvalue weighted by Gasteiger charge is 2.12. The Balaban J connectivity index is 3.11. The Kier molecular flexibility index (Phi) is 3.33. The largest absolute Gasteiger partial charge is 0.325 e. The molecule has 0 fully saturated rings. The van der Waals surface area contributed by atoms with Crippen molar-refractivity contribution in [3.63, 3.8) is 0 Å². The van der Waals surface area contributed by atoms with Gasteiger partial charge in [-0.15, -0.1) is 0 Å². The molecule has 5 heteroatoms. The number of aromatic nitrogens is 1. The molecule has 0 amide bonds. The molecule has 2 nitrogen and oxygen atoms in total. The van der Waals surface area contributed by atoms with Crippen LogP contribution in [0.1, 0.15) is 17.7 Å². The van der Waals surface area contributed by atoms with E-state index in [4.69, 9.17) is 5.73 Å². The topological polar surface area (TPSA) is 38.9 Å². The molecule has 0 aliphatic heterocycles. The molecule has 0 saturated carbocycles. The molecule has 0 aromatic carbocycles. The van der Waals surface area contributed by atoms with Gasteiger partial charge >= 0.3 is 0 Å². The first-order valence-corrected chi connectivity index (χ1v) is 4.36. The summed E-state index contributed by atoms with van der Waals surface area (Å²) in [7, 11) is 0. The fourth-order valence-corrected chi connectivity index (χ4v) is 1.32. The maximum absolute atomic E-state index is 12.2. The second-order valence-electron chi connectivity index (χ2n) is 2.17. The predicted molar refractivity (Wildman–Crippen MR) is 49.8 cm³/mol. The summed E-state index contributed by atoms with van der Waals surface area (Å²) in [5.74, 6) is 0. The molecular formula is C7H7F2IN2. The highest BCUT2D eigenvalue weighted by atomic mass is 127. The molecule has 0 aliphatic carbocycles. The molecular weight excluding hydrogens is 277 g/mol. The molecule has 12 heavy (non-hydrogen) atoms. The smallest absolute Gasteiger partial charge is 0.265 e. The van der Waals surface area contributed by atoms with Gasteiger partial charge in [-0.2, -0.15) is 0 Å². The van der Waals surface area contributed by atoms with E-state index < -0.39 is 6.43 Å². The second kappa shape index (κ2) is 4.08. The van der Waals surface area contributed by atoms with Gasteiger partial charge in [-0.1, -0.05) is 0 Å². The van der Waals surface area contributed by atoms with Crippen LogP contribution in [0.4, 0.5) is 8.78 Å². The highest BCUT2D eigenvalue weighted by Crippen LogP contribution is 2.21. The molecule has 0 saturated heterocycles. The summed E-state index contributed by atoms with van der Waals surface area (Å²) in [4.78, 5) is 3.89. The lowest BCUT2D eigenvalue weighted by Crippen LogP contribution is -2.05. The monoisotopic (exact) mass is 284 g/mol. The lowest BCUT2D eigenvalue weighted by Gasteiger charge is -2.05. The Hall–Kier alpha value is -0.300. The molecule has 0 radical (unpaired) electrons. The number of pyridine rings is 1. The molecule has 0 bridgehead atoms. The summed E-state index contributed by atoms with van der Waals surface area (Å²) in [6.45, 7) is 0.0521. The van der Waals surface area contributed by atoms with Crippen molar-refractivity contribution in [3.05, 3.63) is 27.1 Å². The lowest BCUT2D eigenvalue weighted by atomic mass is 10.2. The standard InChI is InChI=1S/C7H7F2IN2/c8-7(9)4-1-2-6(10)12-5(4)3-11/h1-2,7H,3,11H2. The molecule has 0 aliphatic rings. The average molecular weight is 284 g/mol. The van der Waals surface area contributed by atoms with Crippen LogP contribution in [-0.2, 0) is 6.54 Å². The van der Waals surface area contributed by atoms with E-state index >= 15 is 0 Å². The third-order valence-corrected chi connectivity index (χ3v) is 2.00. The maximum Gasteiger partial charge on any atom is 0.265 e. The van der Waals surface area contributed by atoms with E-state index in [1.54, 1.807) is 6.07 Å². The quantitative estimate of drug-likeness (QED) is 0.667. The minimum Gasteiger partial charge on any atom is -0.325 e. The number of halogens is 3. The van der Waals surface area contributed by atoms with Crippen molar-refractivity contribution >= 4 is 22.6 Å². The van der Waals surface area contributed by atoms with E-state index in [2.05, 4.69) is 4.98 Å². The van der Waals surface area contributed by atoms with Gasteiger partial charge in [-0.25, -0.2) is 13.8 Å². The van der Waals surface area contributed by atoms with Crippen molar-refractivity contribution in [2.24, 2.45) is 5.73 Å². The maximum atomic E-state index is 12.2. The molecule has 66 valence electrons. The number of nitrogens with two attached hydrogens (primary N) is 1. The zero-order valence-corrected chi connectivity index (χ0v) is 8.26. The summed E-state index contributed by atoms with van der Waals surface area (Å²) in [6, 6.07) is 2.91. The van der Waals surface area contributed by atoms with Gasteiger partial charge in [0, 0.05) is 12.1 Å². The molecule has 1 rings (SSSR count). The number of hydrogen-bond donors (Lipinski definition) is 1. The Morgan fingerprint density at radius 3 is 2.67 bits per heavy atom. The van der Waals surface area contributed by atoms with Crippen molar-refractivity contribution in [1.82, 2.24) is 4.98 Å². The van der Waals surface area contributed by atoms with Crippen LogP contribution in [0.2, 0.25) is 0 Å². The molecule has 2 N–H and O–H groups in total. The van der Waals surface area contributed by atoms with Crippen molar-refractivity contribution in [2.45, 2.75) is 13.0 Å². The van der Waals surface area contributed by atoms with Gasteiger partial charge in [0.05, 0.1) is 5.69 Å². The van der Waals surface area contributed by atoms with E-state index in [-0.39, 0.29) is 17.8 Å². The van der Waals surface area contributed by atoms with Crippen LogP contribution in [0.25, 0.3) is 0 Å². The van der Waals surface area contributed by atoms with Crippen LogP contribution in [-0.4, -0.2) is 4.98 Å². The zero-order chi connectivity index (χ0) is 9.14. The van der Waals surface area contributed by atoms with Crippen LogP contribution in [0, 0.1) is 3.70 Å². The fourth-order valence-electron chi connectivity index (χ4n) is 0.848. The summed E-state index contributed by atoms with van der Waals surface area (Å²) >= 11 is 1.96. The summed E-state index contributed by atoms with van der Waals surface area (Å²) in [6.07, 6.45) is -2.49. The van der Waals surface area contributed by atoms with E-state index in [0.717, 1.165) is 0 Å². The van der Waals surface area contributed by atoms with Crippen LogP contribution in [0.5, 0.6) is 0 Å². The first-order valence-electron chi connectivity index (χ1n) is 3.28. The Labute approximate surface area is 82.3 Å². The van der Waals surface area contributed by atoms with Gasteiger partial charge in [0.25, 0.3) is 6.43 Å². The molecule has 0 atom stereocenters. The van der Waals surface area contributed by atoms with Crippen molar-refractivity contribution in [1.29, 1.82) is 0 Å². The Morgan fingerprint density at radius 2 is 2.17 bits per heavy atom. The number of rotatable bonds is 2. The van der Waals surface area contributed by atoms with Gasteiger partial charge < -0.3 is 5.73 Å². The van der Waals surface area contributed by atoms with Crippen LogP contribution < -0.4 is 5.73 Å². The van der Waals surface area contributed by atoms with E-state index in [1.165, 1.54) is 6.07 Å². The number of alkyl halides is 2. The van der Waals surface area contributed by atoms with Crippen molar-refractivity contribution in [3.8, 4) is 0 Å². The fraction of sp³-hybridized carbons (Fsp3) is 0.286. The summed E-state index contributed by atoms with van der Waals surface area (Å²) < 4.78 is 25.2. The minimum absolute atomic E-state index is 0.0521. The first kappa shape index (κ1) is 9.79. The SMILES string of the molecule is NCc1nc(I)ccc1C(F)F. The van der Waals surface area contributed by atoms with Gasteiger partial charge in [0.1, 0.15) is 3.70 Å². The Morgan fingerprint density at radius 1 is 1.50 bits per heavy atom. The second-order valence-corrected chi connectivity index (χ2v) is 3.28. The molecule has 1 aromatic rings. The highest BCUT2D eigenvalue weighted by molar-refractivity contribution is 14.1. The molecule has 0 unspecified atom stereocenters. The van der Waals surface area contributed by atoms with E-state index in [9.17, 15) is 8.78 Å². The minimum atomic E-state index is -2.49. The van der Waals surface area contributed by atoms with E-state index in [1.807, 2.05) is 22.6 Å². The molecule has 0 spiro atoms. The summed E-state index contributed by atoms with van der Waals surface area (Å²) in [5, 5.41) is 0. The normalized spacial score (nSPS) is 10.8. The van der Waals surface area contributed by atoms with Gasteiger partial charge in [-0.3, -0.25) is 0 Å². The first-order chi connectivity index (χ1) is 5.65. The third kappa shape index (κ3) is 2.10.